The second kappa shape index (κ2) is 8.03. The van der Waals surface area contributed by atoms with Gasteiger partial charge in [0, 0.05) is 24.4 Å². The van der Waals surface area contributed by atoms with Gasteiger partial charge >= 0.3 is 6.18 Å². The van der Waals surface area contributed by atoms with E-state index in [0.29, 0.717) is 23.5 Å². The lowest BCUT2D eigenvalue weighted by Gasteiger charge is -2.08. The standard InChI is InChI=1S/C18H12F3N5O4/c19-18(20,21)12-6-7-16(17(9-12)26(29)30)23-22-11-15-5-2-8-24(15)13-3-1-4-14(10-13)25(27)28/h1-11,23H/b22-11-. The smallest absolute Gasteiger partial charge is 0.315 e. The lowest BCUT2D eigenvalue weighted by molar-refractivity contribution is -0.384. The van der Waals surface area contributed by atoms with Gasteiger partial charge in [-0.3, -0.25) is 25.7 Å². The minimum Gasteiger partial charge on any atom is -0.315 e. The molecule has 30 heavy (non-hydrogen) atoms. The normalized spacial score (nSPS) is 11.6. The fourth-order valence-corrected chi connectivity index (χ4v) is 2.61. The van der Waals surface area contributed by atoms with Crippen LogP contribution in [0.15, 0.2) is 65.9 Å². The third kappa shape index (κ3) is 4.43. The quantitative estimate of drug-likeness (QED) is 0.351. The first-order chi connectivity index (χ1) is 14.2. The van der Waals surface area contributed by atoms with Crippen molar-refractivity contribution in [3.05, 3.63) is 92.3 Å². The number of nitro benzene ring substituents is 2. The van der Waals surface area contributed by atoms with Crippen molar-refractivity contribution in [2.45, 2.75) is 6.18 Å². The Morgan fingerprint density at radius 2 is 1.77 bits per heavy atom. The highest BCUT2D eigenvalue weighted by Gasteiger charge is 2.33. The summed E-state index contributed by atoms with van der Waals surface area (Å²) in [5.74, 6) is 0. The van der Waals surface area contributed by atoms with Crippen LogP contribution in [-0.4, -0.2) is 20.6 Å². The third-order valence-corrected chi connectivity index (χ3v) is 4.00. The summed E-state index contributed by atoms with van der Waals surface area (Å²) in [5.41, 5.74) is 1.05. The molecular formula is C18H12F3N5O4. The third-order valence-electron chi connectivity index (χ3n) is 4.00. The largest absolute Gasteiger partial charge is 0.416 e. The number of rotatable bonds is 6. The molecule has 0 amide bonds. The Hall–Kier alpha value is -4.22. The Morgan fingerprint density at radius 3 is 2.43 bits per heavy atom. The first kappa shape index (κ1) is 20.5. The average Bonchev–Trinajstić information content (AvgIpc) is 3.16. The van der Waals surface area contributed by atoms with E-state index in [2.05, 4.69) is 10.5 Å². The molecular weight excluding hydrogens is 407 g/mol. The molecule has 1 aromatic heterocycles. The van der Waals surface area contributed by atoms with E-state index in [9.17, 15) is 33.4 Å². The molecule has 0 spiro atoms. The summed E-state index contributed by atoms with van der Waals surface area (Å²) < 4.78 is 39.9. The highest BCUT2D eigenvalue weighted by Crippen LogP contribution is 2.35. The van der Waals surface area contributed by atoms with Crippen LogP contribution in [0.1, 0.15) is 11.3 Å². The fraction of sp³-hybridized carbons (Fsp3) is 0.0556. The van der Waals surface area contributed by atoms with Gasteiger partial charge < -0.3 is 4.57 Å². The minimum absolute atomic E-state index is 0.109. The van der Waals surface area contributed by atoms with E-state index in [-0.39, 0.29) is 11.4 Å². The number of non-ortho nitro benzene ring substituents is 1. The van der Waals surface area contributed by atoms with Crippen LogP contribution in [0.5, 0.6) is 0 Å². The molecule has 0 fully saturated rings. The number of alkyl halides is 3. The molecule has 0 atom stereocenters. The monoisotopic (exact) mass is 419 g/mol. The van der Waals surface area contributed by atoms with E-state index < -0.39 is 27.3 Å². The van der Waals surface area contributed by atoms with Crippen LogP contribution in [0.4, 0.5) is 30.2 Å². The molecule has 0 aliphatic heterocycles. The van der Waals surface area contributed by atoms with Gasteiger partial charge in [-0.25, -0.2) is 0 Å². The SMILES string of the molecule is O=[N+]([O-])c1cccc(-n2cccc2/C=N\Nc2ccc(C(F)(F)F)cc2[N+](=O)[O-])c1. The summed E-state index contributed by atoms with van der Waals surface area (Å²) in [4.78, 5) is 20.6. The van der Waals surface area contributed by atoms with Gasteiger partial charge in [-0.05, 0) is 30.3 Å². The molecule has 1 N–H and O–H groups in total. The molecule has 12 heteroatoms. The fourth-order valence-electron chi connectivity index (χ4n) is 2.61. The molecule has 0 unspecified atom stereocenters. The maximum atomic E-state index is 12.8. The van der Waals surface area contributed by atoms with E-state index in [1.54, 1.807) is 29.0 Å². The Morgan fingerprint density at radius 1 is 1.00 bits per heavy atom. The van der Waals surface area contributed by atoms with Gasteiger partial charge in [0.05, 0.1) is 33.0 Å². The lowest BCUT2D eigenvalue weighted by atomic mass is 10.1. The van der Waals surface area contributed by atoms with E-state index >= 15 is 0 Å². The molecule has 0 radical (unpaired) electrons. The first-order valence-electron chi connectivity index (χ1n) is 8.24. The molecule has 1 heterocycles. The van der Waals surface area contributed by atoms with E-state index in [4.69, 9.17) is 0 Å². The molecule has 0 bridgehead atoms. The van der Waals surface area contributed by atoms with Gasteiger partial charge in [-0.1, -0.05) is 6.07 Å². The second-order valence-electron chi connectivity index (χ2n) is 5.94. The highest BCUT2D eigenvalue weighted by molar-refractivity contribution is 5.80. The van der Waals surface area contributed by atoms with Gasteiger partial charge in [0.25, 0.3) is 11.4 Å². The molecule has 0 aliphatic rings. The predicted molar refractivity (Wildman–Crippen MR) is 102 cm³/mol. The summed E-state index contributed by atoms with van der Waals surface area (Å²) in [6.07, 6.45) is -1.81. The number of hydrazone groups is 1. The molecule has 3 aromatic rings. The van der Waals surface area contributed by atoms with Crippen LogP contribution in [0.3, 0.4) is 0 Å². The Kier molecular flexibility index (Phi) is 5.49. The lowest BCUT2D eigenvalue weighted by Crippen LogP contribution is -2.07. The zero-order valence-electron chi connectivity index (χ0n) is 14.9. The Labute approximate surface area is 166 Å². The minimum atomic E-state index is -4.72. The molecule has 0 aliphatic carbocycles. The molecule has 3 rings (SSSR count). The molecule has 2 aromatic carbocycles. The molecule has 0 saturated carbocycles. The van der Waals surface area contributed by atoms with Crippen LogP contribution in [0.25, 0.3) is 5.69 Å². The van der Waals surface area contributed by atoms with Gasteiger partial charge in [-0.15, -0.1) is 0 Å². The predicted octanol–water partition coefficient (Wildman–Crippen LogP) is 4.76. The van der Waals surface area contributed by atoms with Crippen LogP contribution >= 0.6 is 0 Å². The van der Waals surface area contributed by atoms with Crippen molar-refractivity contribution in [2.24, 2.45) is 5.10 Å². The molecule has 154 valence electrons. The number of nitro groups is 2. The van der Waals surface area contributed by atoms with E-state index in [1.165, 1.54) is 24.4 Å². The van der Waals surface area contributed by atoms with Gasteiger partial charge in [0.2, 0.25) is 0 Å². The summed E-state index contributed by atoms with van der Waals surface area (Å²) in [7, 11) is 0. The van der Waals surface area contributed by atoms with Crippen LogP contribution in [0, 0.1) is 20.2 Å². The van der Waals surface area contributed by atoms with Crippen molar-refractivity contribution in [1.29, 1.82) is 0 Å². The maximum absolute atomic E-state index is 12.8. The summed E-state index contributed by atoms with van der Waals surface area (Å²) >= 11 is 0. The van der Waals surface area contributed by atoms with Crippen molar-refractivity contribution in [3.63, 3.8) is 0 Å². The number of anilines is 1. The van der Waals surface area contributed by atoms with Gasteiger partial charge in [0.15, 0.2) is 0 Å². The summed E-state index contributed by atoms with van der Waals surface area (Å²) in [6.45, 7) is 0. The van der Waals surface area contributed by atoms with Crippen LogP contribution in [-0.2, 0) is 6.18 Å². The summed E-state index contributed by atoms with van der Waals surface area (Å²) in [6, 6.07) is 11.2. The zero-order chi connectivity index (χ0) is 21.9. The number of benzene rings is 2. The van der Waals surface area contributed by atoms with Gasteiger partial charge in [-0.2, -0.15) is 18.3 Å². The Balaban J connectivity index is 1.86. The first-order valence-corrected chi connectivity index (χ1v) is 8.24. The van der Waals surface area contributed by atoms with E-state index in [0.717, 1.165) is 6.07 Å². The number of aromatic nitrogens is 1. The van der Waals surface area contributed by atoms with Crippen molar-refractivity contribution in [1.82, 2.24) is 4.57 Å². The average molecular weight is 419 g/mol. The van der Waals surface area contributed by atoms with E-state index in [1.807, 2.05) is 0 Å². The van der Waals surface area contributed by atoms with Crippen molar-refractivity contribution >= 4 is 23.3 Å². The topological polar surface area (TPSA) is 116 Å². The van der Waals surface area contributed by atoms with Crippen LogP contribution < -0.4 is 5.43 Å². The van der Waals surface area contributed by atoms with Crippen molar-refractivity contribution in [3.8, 4) is 5.69 Å². The zero-order valence-corrected chi connectivity index (χ0v) is 14.9. The molecule has 9 nitrogen and oxygen atoms in total. The van der Waals surface area contributed by atoms with Crippen LogP contribution in [0.2, 0.25) is 0 Å². The molecule has 0 saturated heterocycles. The van der Waals surface area contributed by atoms with Crippen molar-refractivity contribution in [2.75, 3.05) is 5.43 Å². The number of nitrogens with one attached hydrogen (secondary N) is 1. The maximum Gasteiger partial charge on any atom is 0.416 e. The van der Waals surface area contributed by atoms with Crippen molar-refractivity contribution < 1.29 is 23.0 Å². The number of hydrogen-bond donors (Lipinski definition) is 1. The second-order valence-corrected chi connectivity index (χ2v) is 5.94. The number of halogens is 3. The number of hydrogen-bond acceptors (Lipinski definition) is 6. The van der Waals surface area contributed by atoms with Gasteiger partial charge in [0.1, 0.15) is 5.69 Å². The highest BCUT2D eigenvalue weighted by atomic mass is 19.4. The Bertz CT molecular complexity index is 1140. The number of nitrogens with zero attached hydrogens (tertiary/aromatic N) is 4. The summed E-state index contributed by atoms with van der Waals surface area (Å²) in [5, 5.41) is 25.9.